The molecule has 0 fully saturated rings. The minimum absolute atomic E-state index is 0.0537. The Kier molecular flexibility index (Phi) is 4.62. The van der Waals surface area contributed by atoms with Crippen LogP contribution in [-0.2, 0) is 6.42 Å². The van der Waals surface area contributed by atoms with E-state index < -0.39 is 0 Å². The molecule has 1 aliphatic rings. The maximum absolute atomic E-state index is 11.5. The zero-order chi connectivity index (χ0) is 18.1. The maximum Gasteiger partial charge on any atom is 0.294 e. The van der Waals surface area contributed by atoms with Crippen molar-refractivity contribution in [2.24, 2.45) is 0 Å². The van der Waals surface area contributed by atoms with E-state index in [0.29, 0.717) is 5.69 Å². The first kappa shape index (κ1) is 17.0. The number of nitrogens with zero attached hydrogens (tertiary/aromatic N) is 3. The third-order valence-corrected chi connectivity index (χ3v) is 5.21. The smallest absolute Gasteiger partial charge is 0.294 e. The molecule has 0 unspecified atom stereocenters. The van der Waals surface area contributed by atoms with Gasteiger partial charge in [0, 0.05) is 27.3 Å². The Morgan fingerprint density at radius 1 is 1.15 bits per heavy atom. The minimum Gasteiger partial charge on any atom is -0.370 e. The minimum atomic E-state index is -0.356. The number of halogens is 1. The van der Waals surface area contributed by atoms with Crippen molar-refractivity contribution in [3.05, 3.63) is 67.8 Å². The first-order valence-electron chi connectivity index (χ1n) is 8.50. The van der Waals surface area contributed by atoms with Crippen molar-refractivity contribution in [2.75, 3.05) is 11.9 Å². The van der Waals surface area contributed by atoms with Gasteiger partial charge in [-0.2, -0.15) is 5.10 Å². The number of hydrogen-bond acceptors (Lipinski definition) is 4. The van der Waals surface area contributed by atoms with Crippen LogP contribution < -0.4 is 5.32 Å². The molecule has 4 rings (SSSR count). The SMILES string of the molecule is O=[N+]([O-])c1ccccc1-n1nc(-c2cccc(I)c2)c2c1NCCCC2. The van der Waals surface area contributed by atoms with E-state index in [4.69, 9.17) is 5.10 Å². The van der Waals surface area contributed by atoms with Crippen LogP contribution in [0.4, 0.5) is 11.5 Å². The van der Waals surface area contributed by atoms with Gasteiger partial charge in [0.25, 0.3) is 5.69 Å². The summed E-state index contributed by atoms with van der Waals surface area (Å²) >= 11 is 2.29. The first-order chi connectivity index (χ1) is 12.6. The molecule has 0 radical (unpaired) electrons. The van der Waals surface area contributed by atoms with Gasteiger partial charge < -0.3 is 5.32 Å². The Morgan fingerprint density at radius 2 is 2.00 bits per heavy atom. The summed E-state index contributed by atoms with van der Waals surface area (Å²) in [5, 5.41) is 19.7. The number of aromatic nitrogens is 2. The molecular formula is C19H17IN4O2. The van der Waals surface area contributed by atoms with Gasteiger partial charge in [-0.05, 0) is 60.1 Å². The molecule has 6 nitrogen and oxygen atoms in total. The number of nitro groups is 1. The lowest BCUT2D eigenvalue weighted by Gasteiger charge is -2.09. The molecule has 0 aliphatic carbocycles. The van der Waals surface area contributed by atoms with E-state index in [1.165, 1.54) is 6.07 Å². The molecular weight excluding hydrogens is 443 g/mol. The lowest BCUT2D eigenvalue weighted by molar-refractivity contribution is -0.384. The first-order valence-corrected chi connectivity index (χ1v) is 9.58. The van der Waals surface area contributed by atoms with Crippen LogP contribution in [0.25, 0.3) is 16.9 Å². The van der Waals surface area contributed by atoms with Gasteiger partial charge in [0.15, 0.2) is 0 Å². The predicted octanol–water partition coefficient (Wildman–Crippen LogP) is 4.80. The maximum atomic E-state index is 11.5. The largest absolute Gasteiger partial charge is 0.370 e. The van der Waals surface area contributed by atoms with E-state index in [1.807, 2.05) is 18.2 Å². The molecule has 0 bridgehead atoms. The topological polar surface area (TPSA) is 73.0 Å². The second kappa shape index (κ2) is 7.06. The molecule has 0 spiro atoms. The van der Waals surface area contributed by atoms with E-state index in [9.17, 15) is 10.1 Å². The summed E-state index contributed by atoms with van der Waals surface area (Å²) in [6, 6.07) is 14.9. The van der Waals surface area contributed by atoms with Gasteiger partial charge in [-0.1, -0.05) is 24.3 Å². The summed E-state index contributed by atoms with van der Waals surface area (Å²) in [6.07, 6.45) is 3.04. The van der Waals surface area contributed by atoms with Crippen LogP contribution in [0, 0.1) is 13.7 Å². The Balaban J connectivity index is 1.96. The summed E-state index contributed by atoms with van der Waals surface area (Å²) in [5.74, 6) is 0.866. The molecule has 132 valence electrons. The molecule has 0 atom stereocenters. The number of nitro benzene ring substituents is 1. The lowest BCUT2D eigenvalue weighted by Crippen LogP contribution is -2.08. The molecule has 0 saturated heterocycles. The summed E-state index contributed by atoms with van der Waals surface area (Å²) in [5.41, 5.74) is 3.60. The molecule has 1 N–H and O–H groups in total. The molecule has 1 aromatic heterocycles. The van der Waals surface area contributed by atoms with Gasteiger partial charge in [-0.25, -0.2) is 4.68 Å². The van der Waals surface area contributed by atoms with Gasteiger partial charge in [0.1, 0.15) is 11.5 Å². The standard InChI is InChI=1S/C19H17IN4O2/c20-14-7-5-6-13(12-14)18-15-8-3-4-11-21-19(15)23(22-18)16-9-1-2-10-17(16)24(25)26/h1-2,5-7,9-10,12,21H,3-4,8,11H2. The number of para-hydroxylation sites is 2. The number of hydrogen-bond donors (Lipinski definition) is 1. The second-order valence-electron chi connectivity index (χ2n) is 6.23. The number of nitrogens with one attached hydrogen (secondary N) is 1. The summed E-state index contributed by atoms with van der Waals surface area (Å²) < 4.78 is 2.84. The van der Waals surface area contributed by atoms with E-state index in [0.717, 1.165) is 52.0 Å². The number of fused-ring (bicyclic) bond motifs is 1. The molecule has 3 aromatic rings. The molecule has 0 saturated carbocycles. The average Bonchev–Trinajstić information content (AvgIpc) is 2.82. The Bertz CT molecular complexity index is 983. The number of rotatable bonds is 3. The average molecular weight is 460 g/mol. The van der Waals surface area contributed by atoms with Crippen LogP contribution in [0.5, 0.6) is 0 Å². The van der Waals surface area contributed by atoms with E-state index in [1.54, 1.807) is 22.9 Å². The van der Waals surface area contributed by atoms with Crippen molar-refractivity contribution < 1.29 is 4.92 Å². The van der Waals surface area contributed by atoms with Gasteiger partial charge >= 0.3 is 0 Å². The van der Waals surface area contributed by atoms with Crippen LogP contribution in [0.15, 0.2) is 48.5 Å². The monoisotopic (exact) mass is 460 g/mol. The third-order valence-electron chi connectivity index (χ3n) is 4.53. The van der Waals surface area contributed by atoms with Gasteiger partial charge in [0.05, 0.1) is 10.6 Å². The Hall–Kier alpha value is -2.42. The normalized spacial score (nSPS) is 13.6. The lowest BCUT2D eigenvalue weighted by atomic mass is 10.0. The number of anilines is 1. The van der Waals surface area contributed by atoms with E-state index in [-0.39, 0.29) is 10.6 Å². The van der Waals surface area contributed by atoms with Crippen molar-refractivity contribution in [3.8, 4) is 16.9 Å². The third kappa shape index (κ3) is 3.07. The Labute approximate surface area is 164 Å². The molecule has 0 amide bonds. The van der Waals surface area contributed by atoms with E-state index >= 15 is 0 Å². The van der Waals surface area contributed by atoms with Crippen molar-refractivity contribution in [1.29, 1.82) is 0 Å². The van der Waals surface area contributed by atoms with Crippen LogP contribution in [-0.4, -0.2) is 21.2 Å². The molecule has 2 heterocycles. The highest BCUT2D eigenvalue weighted by molar-refractivity contribution is 14.1. The summed E-state index contributed by atoms with van der Waals surface area (Å²) in [4.78, 5) is 11.1. The summed E-state index contributed by atoms with van der Waals surface area (Å²) in [6.45, 7) is 0.838. The fourth-order valence-corrected chi connectivity index (χ4v) is 3.89. The van der Waals surface area contributed by atoms with Crippen molar-refractivity contribution in [1.82, 2.24) is 9.78 Å². The zero-order valence-electron chi connectivity index (χ0n) is 14.0. The molecule has 2 aromatic carbocycles. The fourth-order valence-electron chi connectivity index (χ4n) is 3.34. The highest BCUT2D eigenvalue weighted by Gasteiger charge is 2.25. The zero-order valence-corrected chi connectivity index (χ0v) is 16.1. The predicted molar refractivity (Wildman–Crippen MR) is 110 cm³/mol. The van der Waals surface area contributed by atoms with Gasteiger partial charge in [-0.3, -0.25) is 10.1 Å². The van der Waals surface area contributed by atoms with E-state index in [2.05, 4.69) is 34.0 Å². The second-order valence-corrected chi connectivity index (χ2v) is 7.47. The van der Waals surface area contributed by atoms with Crippen LogP contribution >= 0.6 is 22.6 Å². The summed E-state index contributed by atoms with van der Waals surface area (Å²) in [7, 11) is 0. The fraction of sp³-hybridized carbons (Fsp3) is 0.211. The van der Waals surface area contributed by atoms with Crippen LogP contribution in [0.3, 0.4) is 0 Å². The van der Waals surface area contributed by atoms with Gasteiger partial charge in [0.2, 0.25) is 0 Å². The van der Waals surface area contributed by atoms with Gasteiger partial charge in [-0.15, -0.1) is 0 Å². The highest BCUT2D eigenvalue weighted by Crippen LogP contribution is 2.36. The highest BCUT2D eigenvalue weighted by atomic mass is 127. The van der Waals surface area contributed by atoms with Crippen molar-refractivity contribution in [3.63, 3.8) is 0 Å². The van der Waals surface area contributed by atoms with Crippen molar-refractivity contribution in [2.45, 2.75) is 19.3 Å². The van der Waals surface area contributed by atoms with Crippen molar-refractivity contribution >= 4 is 34.1 Å². The quantitative estimate of drug-likeness (QED) is 0.346. The molecule has 7 heteroatoms. The van der Waals surface area contributed by atoms with Crippen LogP contribution in [0.1, 0.15) is 18.4 Å². The molecule has 26 heavy (non-hydrogen) atoms. The van der Waals surface area contributed by atoms with Crippen LogP contribution in [0.2, 0.25) is 0 Å². The molecule has 1 aliphatic heterocycles. The Morgan fingerprint density at radius 3 is 2.81 bits per heavy atom. The number of benzene rings is 2.